The van der Waals surface area contributed by atoms with E-state index in [1.807, 2.05) is 37.3 Å². The fourth-order valence-electron chi connectivity index (χ4n) is 3.26. The van der Waals surface area contributed by atoms with E-state index in [4.69, 9.17) is 14.2 Å². The molecule has 1 N–H and O–H groups in total. The molecule has 8 nitrogen and oxygen atoms in total. The molecule has 4 aromatic rings. The van der Waals surface area contributed by atoms with Gasteiger partial charge in [-0.25, -0.2) is 4.98 Å². The van der Waals surface area contributed by atoms with Crippen molar-refractivity contribution in [1.29, 1.82) is 0 Å². The van der Waals surface area contributed by atoms with Crippen LogP contribution in [0.3, 0.4) is 0 Å². The first kappa shape index (κ1) is 21.6. The van der Waals surface area contributed by atoms with Gasteiger partial charge in [-0.2, -0.15) is 0 Å². The number of hydrogen-bond acceptors (Lipinski definition) is 7. The van der Waals surface area contributed by atoms with E-state index in [2.05, 4.69) is 10.5 Å². The van der Waals surface area contributed by atoms with E-state index in [-0.39, 0.29) is 17.9 Å². The monoisotopic (exact) mass is 450 g/mol. The summed E-state index contributed by atoms with van der Waals surface area (Å²) in [5.41, 5.74) is 2.01. The highest BCUT2D eigenvalue weighted by Gasteiger charge is 2.17. The van der Waals surface area contributed by atoms with Crippen LogP contribution in [0.1, 0.15) is 17.7 Å². The van der Waals surface area contributed by atoms with Crippen molar-refractivity contribution in [3.63, 3.8) is 0 Å². The summed E-state index contributed by atoms with van der Waals surface area (Å²) in [6.45, 7) is 3.70. The molecular weight excluding hydrogens is 428 g/mol. The van der Waals surface area contributed by atoms with Crippen molar-refractivity contribution in [3.05, 3.63) is 70.2 Å². The van der Waals surface area contributed by atoms with Gasteiger partial charge in [-0.05, 0) is 43.7 Å². The fraction of sp³-hybridized carbons (Fsp3) is 0.217. The third-order valence-electron chi connectivity index (χ3n) is 4.78. The first-order valence-corrected chi connectivity index (χ1v) is 11.0. The molecule has 0 radical (unpaired) electrons. The number of methoxy groups -OCH3 is 1. The molecular formula is C23H22N4O4S. The van der Waals surface area contributed by atoms with Gasteiger partial charge in [0.05, 0.1) is 23.7 Å². The maximum absolute atomic E-state index is 13.4. The Morgan fingerprint density at radius 3 is 2.75 bits per heavy atom. The molecule has 0 spiro atoms. The second kappa shape index (κ2) is 9.27. The van der Waals surface area contributed by atoms with Crippen LogP contribution in [-0.4, -0.2) is 33.5 Å². The van der Waals surface area contributed by atoms with Crippen LogP contribution in [0.25, 0.3) is 16.6 Å². The number of carbonyl (C=O) groups is 1. The maximum atomic E-state index is 13.4. The molecule has 0 aliphatic rings. The number of para-hydroxylation sites is 1. The van der Waals surface area contributed by atoms with Crippen molar-refractivity contribution in [1.82, 2.24) is 14.7 Å². The number of aryl methyl sites for hydroxylation is 2. The standard InChI is InChI=1S/C23H22N4O4S/c1-14-8-9-19(30-3)18(12-14)27-22(29)16-6-4-5-7-17(16)24-23(27)32-11-10-21(28)25-20-13-15(2)31-26-20/h4-9,12-13H,10-11H2,1-3H3,(H,25,26,28). The van der Waals surface area contributed by atoms with Crippen molar-refractivity contribution in [2.45, 2.75) is 25.4 Å². The fourth-order valence-corrected chi connectivity index (χ4v) is 4.21. The van der Waals surface area contributed by atoms with Gasteiger partial charge in [0.25, 0.3) is 5.56 Å². The lowest BCUT2D eigenvalue weighted by Crippen LogP contribution is -2.22. The van der Waals surface area contributed by atoms with Crippen LogP contribution in [0, 0.1) is 13.8 Å². The van der Waals surface area contributed by atoms with Gasteiger partial charge in [0, 0.05) is 18.2 Å². The van der Waals surface area contributed by atoms with Gasteiger partial charge in [-0.15, -0.1) is 0 Å². The Morgan fingerprint density at radius 1 is 1.19 bits per heavy atom. The molecule has 164 valence electrons. The van der Waals surface area contributed by atoms with Gasteiger partial charge in [0.15, 0.2) is 11.0 Å². The van der Waals surface area contributed by atoms with Crippen molar-refractivity contribution < 1.29 is 14.1 Å². The normalized spacial score (nSPS) is 11.0. The topological polar surface area (TPSA) is 99.2 Å². The number of rotatable bonds is 7. The Labute approximate surface area is 188 Å². The molecule has 0 unspecified atom stereocenters. The van der Waals surface area contributed by atoms with Gasteiger partial charge in [-0.1, -0.05) is 35.1 Å². The van der Waals surface area contributed by atoms with Gasteiger partial charge < -0.3 is 14.6 Å². The smallest absolute Gasteiger partial charge is 0.266 e. The Bertz CT molecular complexity index is 1350. The number of amides is 1. The molecule has 9 heteroatoms. The average molecular weight is 451 g/mol. The molecule has 2 aromatic carbocycles. The van der Waals surface area contributed by atoms with Gasteiger partial charge in [0.2, 0.25) is 5.91 Å². The molecule has 0 aliphatic heterocycles. The first-order valence-electron chi connectivity index (χ1n) is 9.99. The quantitative estimate of drug-likeness (QED) is 0.334. The summed E-state index contributed by atoms with van der Waals surface area (Å²) >= 11 is 1.33. The van der Waals surface area contributed by atoms with Crippen LogP contribution in [0.5, 0.6) is 5.75 Å². The second-order valence-electron chi connectivity index (χ2n) is 7.20. The van der Waals surface area contributed by atoms with Crippen LogP contribution < -0.4 is 15.6 Å². The number of fused-ring (bicyclic) bond motifs is 1. The summed E-state index contributed by atoms with van der Waals surface area (Å²) in [5.74, 6) is 1.78. The Balaban J connectivity index is 1.66. The number of thioether (sulfide) groups is 1. The van der Waals surface area contributed by atoms with Crippen LogP contribution in [-0.2, 0) is 4.79 Å². The molecule has 4 rings (SSSR count). The van der Waals surface area contributed by atoms with Crippen molar-refractivity contribution in [2.24, 2.45) is 0 Å². The van der Waals surface area contributed by atoms with Gasteiger partial charge in [-0.3, -0.25) is 14.2 Å². The highest BCUT2D eigenvalue weighted by atomic mass is 32.2. The van der Waals surface area contributed by atoms with Crippen molar-refractivity contribution >= 4 is 34.4 Å². The van der Waals surface area contributed by atoms with Crippen LogP contribution in [0.15, 0.2) is 63.0 Å². The molecule has 0 fully saturated rings. The molecule has 0 saturated carbocycles. The summed E-state index contributed by atoms with van der Waals surface area (Å²) < 4.78 is 12.0. The average Bonchev–Trinajstić information content (AvgIpc) is 3.18. The van der Waals surface area contributed by atoms with Crippen LogP contribution in [0.4, 0.5) is 5.82 Å². The van der Waals surface area contributed by atoms with Gasteiger partial charge in [0.1, 0.15) is 11.5 Å². The van der Waals surface area contributed by atoms with E-state index in [1.165, 1.54) is 11.8 Å². The van der Waals surface area contributed by atoms with Crippen LogP contribution in [0.2, 0.25) is 0 Å². The third kappa shape index (κ3) is 4.52. The summed E-state index contributed by atoms with van der Waals surface area (Å²) in [6, 6.07) is 14.5. The number of benzene rings is 2. The lowest BCUT2D eigenvalue weighted by atomic mass is 10.2. The zero-order valence-electron chi connectivity index (χ0n) is 17.9. The van der Waals surface area contributed by atoms with Gasteiger partial charge >= 0.3 is 0 Å². The zero-order valence-corrected chi connectivity index (χ0v) is 18.7. The molecule has 0 bridgehead atoms. The molecule has 1 amide bonds. The van der Waals surface area contributed by atoms with Crippen molar-refractivity contribution in [2.75, 3.05) is 18.2 Å². The Kier molecular flexibility index (Phi) is 6.27. The van der Waals surface area contributed by atoms with E-state index in [0.717, 1.165) is 5.56 Å². The first-order chi connectivity index (χ1) is 15.5. The van der Waals surface area contributed by atoms with E-state index >= 15 is 0 Å². The summed E-state index contributed by atoms with van der Waals surface area (Å²) in [4.78, 5) is 30.4. The number of nitrogens with zero attached hydrogens (tertiary/aromatic N) is 3. The molecule has 32 heavy (non-hydrogen) atoms. The Hall–Kier alpha value is -3.59. The largest absolute Gasteiger partial charge is 0.495 e. The summed E-state index contributed by atoms with van der Waals surface area (Å²) in [5, 5.41) is 7.46. The minimum Gasteiger partial charge on any atom is -0.495 e. The molecule has 0 atom stereocenters. The maximum Gasteiger partial charge on any atom is 0.266 e. The second-order valence-corrected chi connectivity index (χ2v) is 8.26. The lowest BCUT2D eigenvalue weighted by Gasteiger charge is -2.16. The number of anilines is 1. The minimum atomic E-state index is -0.200. The highest BCUT2D eigenvalue weighted by molar-refractivity contribution is 7.99. The Morgan fingerprint density at radius 2 is 2.00 bits per heavy atom. The number of hydrogen-bond donors (Lipinski definition) is 1. The molecule has 2 heterocycles. The number of aromatic nitrogens is 3. The third-order valence-corrected chi connectivity index (χ3v) is 5.72. The van der Waals surface area contributed by atoms with E-state index in [9.17, 15) is 9.59 Å². The van der Waals surface area contributed by atoms with E-state index < -0.39 is 0 Å². The SMILES string of the molecule is COc1ccc(C)cc1-n1c(SCCC(=O)Nc2cc(C)on2)nc2ccccc2c1=O. The summed E-state index contributed by atoms with van der Waals surface area (Å²) in [7, 11) is 1.57. The number of ether oxygens (including phenoxy) is 1. The summed E-state index contributed by atoms with van der Waals surface area (Å²) in [6.07, 6.45) is 0.213. The number of carbonyl (C=O) groups excluding carboxylic acids is 1. The predicted molar refractivity (Wildman–Crippen MR) is 124 cm³/mol. The van der Waals surface area contributed by atoms with E-state index in [1.54, 1.807) is 36.8 Å². The number of nitrogens with one attached hydrogen (secondary N) is 1. The molecule has 0 saturated heterocycles. The van der Waals surface area contributed by atoms with E-state index in [0.29, 0.717) is 44.8 Å². The van der Waals surface area contributed by atoms with Crippen LogP contribution >= 0.6 is 11.8 Å². The molecule has 2 aromatic heterocycles. The minimum absolute atomic E-state index is 0.190. The lowest BCUT2D eigenvalue weighted by molar-refractivity contribution is -0.115. The zero-order chi connectivity index (χ0) is 22.7. The highest BCUT2D eigenvalue weighted by Crippen LogP contribution is 2.28. The van der Waals surface area contributed by atoms with Crippen molar-refractivity contribution in [3.8, 4) is 11.4 Å². The predicted octanol–water partition coefficient (Wildman–Crippen LogP) is 4.12. The molecule has 0 aliphatic carbocycles.